The highest BCUT2D eigenvalue weighted by Crippen LogP contribution is 2.34. The highest BCUT2D eigenvalue weighted by atomic mass is 79.9. The third-order valence-corrected chi connectivity index (χ3v) is 6.08. The van der Waals surface area contributed by atoms with E-state index in [9.17, 15) is 14.4 Å². The Balaban J connectivity index is 1.76. The number of thiophene rings is 1. The Morgan fingerprint density at radius 1 is 1.06 bits per heavy atom. The van der Waals surface area contributed by atoms with Crippen molar-refractivity contribution in [2.24, 2.45) is 0 Å². The number of esters is 2. The van der Waals surface area contributed by atoms with Crippen LogP contribution in [0, 0.1) is 6.92 Å². The number of rotatable bonds is 9. The molecule has 0 unspecified atom stereocenters. The van der Waals surface area contributed by atoms with Crippen LogP contribution >= 0.6 is 27.3 Å². The zero-order chi connectivity index (χ0) is 24.0. The first-order chi connectivity index (χ1) is 15.8. The van der Waals surface area contributed by atoms with Gasteiger partial charge in [0, 0.05) is 10.7 Å². The van der Waals surface area contributed by atoms with E-state index in [1.54, 1.807) is 39.1 Å². The van der Waals surface area contributed by atoms with Crippen LogP contribution in [0.15, 0.2) is 41.0 Å². The second-order valence-electron chi connectivity index (χ2n) is 6.62. The standard InChI is InChI=1S/C22H22BrN3O6S/c1-4-30-21(28)17-13(3)18(22(29)31-5-2)33-20(17)24-19(27)16-10-11-26(25-16)12-32-15-8-6-14(23)7-9-15/h6-11H,4-5,12H2,1-3H3,(H,24,27). The Hall–Kier alpha value is -3.18. The van der Waals surface area contributed by atoms with Crippen molar-refractivity contribution in [1.82, 2.24) is 9.78 Å². The van der Waals surface area contributed by atoms with E-state index in [0.29, 0.717) is 11.3 Å². The number of nitrogens with one attached hydrogen (secondary N) is 1. The fourth-order valence-corrected chi connectivity index (χ4v) is 4.18. The van der Waals surface area contributed by atoms with Gasteiger partial charge >= 0.3 is 11.9 Å². The lowest BCUT2D eigenvalue weighted by molar-refractivity contribution is 0.0527. The lowest BCUT2D eigenvalue weighted by Crippen LogP contribution is -2.16. The van der Waals surface area contributed by atoms with Crippen LogP contribution < -0.4 is 10.1 Å². The van der Waals surface area contributed by atoms with E-state index in [0.717, 1.165) is 15.8 Å². The summed E-state index contributed by atoms with van der Waals surface area (Å²) >= 11 is 4.32. The van der Waals surface area contributed by atoms with Gasteiger partial charge in [-0.2, -0.15) is 5.10 Å². The summed E-state index contributed by atoms with van der Waals surface area (Å²) in [6.07, 6.45) is 1.60. The van der Waals surface area contributed by atoms with Gasteiger partial charge in [-0.25, -0.2) is 14.3 Å². The second-order valence-corrected chi connectivity index (χ2v) is 8.56. The third kappa shape index (κ3) is 5.99. The van der Waals surface area contributed by atoms with E-state index >= 15 is 0 Å². The highest BCUT2D eigenvalue weighted by molar-refractivity contribution is 9.10. The number of amides is 1. The van der Waals surface area contributed by atoms with Crippen LogP contribution in [0.25, 0.3) is 0 Å². The van der Waals surface area contributed by atoms with E-state index in [2.05, 4.69) is 26.3 Å². The predicted molar refractivity (Wildman–Crippen MR) is 126 cm³/mol. The van der Waals surface area contributed by atoms with Crippen molar-refractivity contribution < 1.29 is 28.6 Å². The average Bonchev–Trinajstić information content (AvgIpc) is 3.38. The molecule has 2 heterocycles. The number of carbonyl (C=O) groups is 3. The van der Waals surface area contributed by atoms with Crippen molar-refractivity contribution in [3.63, 3.8) is 0 Å². The minimum Gasteiger partial charge on any atom is -0.471 e. The van der Waals surface area contributed by atoms with Crippen LogP contribution in [0.5, 0.6) is 5.75 Å². The van der Waals surface area contributed by atoms with E-state index in [1.165, 1.54) is 10.7 Å². The van der Waals surface area contributed by atoms with Gasteiger partial charge in [0.2, 0.25) is 0 Å². The van der Waals surface area contributed by atoms with Crippen LogP contribution in [-0.2, 0) is 16.2 Å². The molecule has 0 atom stereocenters. The van der Waals surface area contributed by atoms with Gasteiger partial charge in [0.1, 0.15) is 15.6 Å². The molecule has 3 aromatic rings. The normalized spacial score (nSPS) is 10.5. The first kappa shape index (κ1) is 24.5. The van der Waals surface area contributed by atoms with Gasteiger partial charge in [0.15, 0.2) is 12.4 Å². The smallest absolute Gasteiger partial charge is 0.348 e. The molecule has 0 fully saturated rings. The zero-order valence-corrected chi connectivity index (χ0v) is 20.6. The topological polar surface area (TPSA) is 109 Å². The van der Waals surface area contributed by atoms with Crippen molar-refractivity contribution in [2.75, 3.05) is 18.5 Å². The Morgan fingerprint density at radius 3 is 2.39 bits per heavy atom. The Kier molecular flexibility index (Phi) is 8.23. The summed E-state index contributed by atoms with van der Waals surface area (Å²) in [5.41, 5.74) is 0.629. The number of benzene rings is 1. The quantitative estimate of drug-likeness (QED) is 0.397. The number of halogens is 1. The minimum absolute atomic E-state index is 0.105. The zero-order valence-electron chi connectivity index (χ0n) is 18.2. The van der Waals surface area contributed by atoms with E-state index in [4.69, 9.17) is 14.2 Å². The lowest BCUT2D eigenvalue weighted by Gasteiger charge is -2.07. The fourth-order valence-electron chi connectivity index (χ4n) is 2.84. The second kappa shape index (κ2) is 11.1. The summed E-state index contributed by atoms with van der Waals surface area (Å²) in [6, 6.07) is 8.84. The first-order valence-corrected chi connectivity index (χ1v) is 11.7. The summed E-state index contributed by atoms with van der Waals surface area (Å²) in [5, 5.41) is 7.07. The Morgan fingerprint density at radius 2 is 1.73 bits per heavy atom. The van der Waals surface area contributed by atoms with Gasteiger partial charge in [-0.15, -0.1) is 11.3 Å². The van der Waals surface area contributed by atoms with Crippen LogP contribution in [0.4, 0.5) is 5.00 Å². The van der Waals surface area contributed by atoms with Gasteiger partial charge in [-0.05, 0) is 56.7 Å². The predicted octanol–water partition coefficient (Wildman–Crippen LogP) is 4.66. The number of hydrogen-bond acceptors (Lipinski definition) is 8. The van der Waals surface area contributed by atoms with Gasteiger partial charge in [-0.3, -0.25) is 4.79 Å². The molecule has 3 rings (SSSR count). The Bertz CT molecular complexity index is 1160. The number of ether oxygens (including phenoxy) is 3. The van der Waals surface area contributed by atoms with Gasteiger partial charge in [0.05, 0.1) is 18.8 Å². The molecule has 9 nitrogen and oxygen atoms in total. The molecule has 0 aliphatic carbocycles. The molecular weight excluding hydrogens is 514 g/mol. The summed E-state index contributed by atoms with van der Waals surface area (Å²) in [4.78, 5) is 37.8. The van der Waals surface area contributed by atoms with Crippen LogP contribution in [0.2, 0.25) is 0 Å². The maximum atomic E-state index is 12.8. The van der Waals surface area contributed by atoms with Crippen molar-refractivity contribution in [3.8, 4) is 5.75 Å². The van der Waals surface area contributed by atoms with Crippen molar-refractivity contribution >= 4 is 50.1 Å². The number of anilines is 1. The molecule has 2 aromatic heterocycles. The van der Waals surface area contributed by atoms with Crippen LogP contribution in [0.3, 0.4) is 0 Å². The molecule has 33 heavy (non-hydrogen) atoms. The third-order valence-electron chi connectivity index (χ3n) is 4.36. The molecule has 1 N–H and O–H groups in total. The fraction of sp³-hybridized carbons (Fsp3) is 0.273. The molecule has 0 aliphatic rings. The molecule has 0 spiro atoms. The molecule has 0 aliphatic heterocycles. The molecule has 0 saturated heterocycles. The molecule has 0 saturated carbocycles. The largest absolute Gasteiger partial charge is 0.471 e. The van der Waals surface area contributed by atoms with Crippen LogP contribution in [0.1, 0.15) is 49.9 Å². The lowest BCUT2D eigenvalue weighted by atomic mass is 10.1. The molecule has 11 heteroatoms. The maximum absolute atomic E-state index is 12.8. The molecular formula is C22H22BrN3O6S. The number of hydrogen-bond donors (Lipinski definition) is 1. The molecule has 0 radical (unpaired) electrons. The van der Waals surface area contributed by atoms with Gasteiger partial charge in [-0.1, -0.05) is 15.9 Å². The number of carbonyl (C=O) groups excluding carboxylic acids is 3. The molecule has 1 amide bonds. The molecule has 1 aromatic carbocycles. The summed E-state index contributed by atoms with van der Waals surface area (Å²) in [5.74, 6) is -1.09. The number of aromatic nitrogens is 2. The van der Waals surface area contributed by atoms with Gasteiger partial charge in [0.25, 0.3) is 5.91 Å². The summed E-state index contributed by atoms with van der Waals surface area (Å²) in [7, 11) is 0. The SMILES string of the molecule is CCOC(=O)c1sc(NC(=O)c2ccn(COc3ccc(Br)cc3)n2)c(C(=O)OCC)c1C. The summed E-state index contributed by atoms with van der Waals surface area (Å²) in [6.45, 7) is 5.41. The van der Waals surface area contributed by atoms with Crippen molar-refractivity contribution in [1.29, 1.82) is 0 Å². The highest BCUT2D eigenvalue weighted by Gasteiger charge is 2.27. The summed E-state index contributed by atoms with van der Waals surface area (Å²) < 4.78 is 18.2. The number of nitrogens with zero attached hydrogens (tertiary/aromatic N) is 2. The molecule has 0 bridgehead atoms. The van der Waals surface area contributed by atoms with Crippen LogP contribution in [-0.4, -0.2) is 40.8 Å². The molecule has 174 valence electrons. The van der Waals surface area contributed by atoms with E-state index in [-0.39, 0.29) is 41.1 Å². The minimum atomic E-state index is -0.634. The first-order valence-electron chi connectivity index (χ1n) is 10.0. The van der Waals surface area contributed by atoms with E-state index in [1.807, 2.05) is 12.1 Å². The Labute approximate surface area is 202 Å². The average molecular weight is 536 g/mol. The van der Waals surface area contributed by atoms with Crippen molar-refractivity contribution in [3.05, 3.63) is 62.7 Å². The van der Waals surface area contributed by atoms with Gasteiger partial charge < -0.3 is 19.5 Å². The monoisotopic (exact) mass is 535 g/mol. The van der Waals surface area contributed by atoms with E-state index < -0.39 is 17.8 Å². The maximum Gasteiger partial charge on any atom is 0.348 e. The van der Waals surface area contributed by atoms with Crippen molar-refractivity contribution in [2.45, 2.75) is 27.5 Å².